The Kier molecular flexibility index (Phi) is 12.2. The van der Waals surface area contributed by atoms with E-state index in [0.717, 1.165) is 0 Å². The highest BCUT2D eigenvalue weighted by molar-refractivity contribution is 7.90. The van der Waals surface area contributed by atoms with Gasteiger partial charge in [0, 0.05) is 22.7 Å². The summed E-state index contributed by atoms with van der Waals surface area (Å²) in [6, 6.07) is 32.0. The summed E-state index contributed by atoms with van der Waals surface area (Å²) in [5.74, 6) is 0. The van der Waals surface area contributed by atoms with Crippen molar-refractivity contribution in [1.29, 1.82) is 0 Å². The molecule has 0 aliphatic rings. The number of hydrogen-bond acceptors (Lipinski definition) is 8. The highest BCUT2D eigenvalue weighted by Gasteiger charge is 2.24. The van der Waals surface area contributed by atoms with Gasteiger partial charge >= 0.3 is 12.1 Å². The van der Waals surface area contributed by atoms with Gasteiger partial charge in [-0.1, -0.05) is 66.7 Å². The van der Waals surface area contributed by atoms with Crippen molar-refractivity contribution in [3.8, 4) is 0 Å². The van der Waals surface area contributed by atoms with Crippen molar-refractivity contribution in [2.24, 2.45) is 0 Å². The molecule has 5 aromatic carbocycles. The Morgan fingerprint density at radius 1 is 0.434 bits per heavy atom. The highest BCUT2D eigenvalue weighted by atomic mass is 32.2. The molecule has 0 saturated carbocycles. The minimum absolute atomic E-state index is 0.120. The topological polar surface area (TPSA) is 199 Å². The number of rotatable bonds is 10. The van der Waals surface area contributed by atoms with Gasteiger partial charge in [-0.15, -0.1) is 0 Å². The monoisotopic (exact) mass is 788 g/mol. The molecule has 14 nitrogen and oxygen atoms in total. The van der Waals surface area contributed by atoms with E-state index in [1.54, 1.807) is 36.4 Å². The molecule has 0 spiro atoms. The molecule has 0 radical (unpaired) electrons. The maximum absolute atomic E-state index is 13.3. The first kappa shape index (κ1) is 38.2. The molecular formula is C35H32N8O6S4. The number of urea groups is 2. The van der Waals surface area contributed by atoms with Gasteiger partial charge in [0.25, 0.3) is 20.0 Å². The molecule has 0 bridgehead atoms. The molecule has 4 amide bonds. The second-order valence-electron chi connectivity index (χ2n) is 11.0. The zero-order valence-corrected chi connectivity index (χ0v) is 31.0. The van der Waals surface area contributed by atoms with Crippen molar-refractivity contribution >= 4 is 101 Å². The number of anilines is 6. The first-order valence-electron chi connectivity index (χ1n) is 15.5. The van der Waals surface area contributed by atoms with Crippen LogP contribution in [0.15, 0.2) is 137 Å². The second-order valence-corrected chi connectivity index (χ2v) is 15.1. The van der Waals surface area contributed by atoms with E-state index >= 15 is 0 Å². The van der Waals surface area contributed by atoms with Gasteiger partial charge in [0.2, 0.25) is 0 Å². The molecule has 18 heteroatoms. The lowest BCUT2D eigenvalue weighted by Crippen LogP contribution is -2.36. The van der Waals surface area contributed by atoms with Gasteiger partial charge < -0.3 is 31.9 Å². The van der Waals surface area contributed by atoms with Crippen LogP contribution in [0.25, 0.3) is 0 Å². The van der Waals surface area contributed by atoms with Crippen LogP contribution in [0.2, 0.25) is 0 Å². The highest BCUT2D eigenvalue weighted by Crippen LogP contribution is 2.26. The number of nitrogens with one attached hydrogen (secondary N) is 8. The predicted molar refractivity (Wildman–Crippen MR) is 215 cm³/mol. The van der Waals surface area contributed by atoms with Gasteiger partial charge in [-0.05, 0) is 97.6 Å². The zero-order chi connectivity index (χ0) is 38.0. The Hall–Kier alpha value is -6.08. The minimum Gasteiger partial charge on any atom is -0.332 e. The van der Waals surface area contributed by atoms with Gasteiger partial charge in [-0.3, -0.25) is 0 Å². The van der Waals surface area contributed by atoms with Crippen LogP contribution < -0.4 is 41.3 Å². The Bertz CT molecular complexity index is 2220. The van der Waals surface area contributed by atoms with Crippen LogP contribution in [0.3, 0.4) is 0 Å². The SMILES string of the molecule is Cc1c(NC(=O)NS(=O)(=O)c2ccccc2NC(=S)Nc2ccccc2)cccc1NC(=O)NS(=O)(=O)c1ccccc1NC(=S)Nc1ccccc1. The van der Waals surface area contributed by atoms with E-state index in [9.17, 15) is 26.4 Å². The molecule has 0 atom stereocenters. The van der Waals surface area contributed by atoms with Crippen molar-refractivity contribution in [2.45, 2.75) is 16.7 Å². The molecule has 0 aliphatic carbocycles. The van der Waals surface area contributed by atoms with E-state index in [-0.39, 0.29) is 42.8 Å². The van der Waals surface area contributed by atoms with Crippen LogP contribution in [-0.2, 0) is 20.0 Å². The number of benzene rings is 5. The fourth-order valence-corrected chi connectivity index (χ4v) is 7.38. The lowest BCUT2D eigenvalue weighted by atomic mass is 10.1. The molecule has 0 unspecified atom stereocenters. The minimum atomic E-state index is -4.42. The first-order chi connectivity index (χ1) is 25.3. The number of hydrogen-bond donors (Lipinski definition) is 8. The quantitative estimate of drug-likeness (QED) is 0.0704. The standard InChI is InChI=1S/C35H32N8O6S4/c1-23-26(38-32(44)42-52(46,47)30-21-10-8-17-28(30)40-34(50)36-24-13-4-2-5-14-24)19-12-20-27(23)39-33(45)43-53(48,49)31-22-11-9-18-29(31)41-35(51)37-25-15-6-3-7-16-25/h2-22H,1H3,(H2,36,40,50)(H2,37,41,51)(H2,38,42,44)(H2,39,43,45). The number of carbonyl (C=O) groups excluding carboxylic acids is 2. The number of para-hydroxylation sites is 4. The van der Waals surface area contributed by atoms with E-state index < -0.39 is 32.1 Å². The number of amides is 4. The van der Waals surface area contributed by atoms with Crippen LogP contribution in [0.5, 0.6) is 0 Å². The third-order valence-electron chi connectivity index (χ3n) is 7.20. The van der Waals surface area contributed by atoms with Gasteiger partial charge in [0.05, 0.1) is 11.4 Å². The second kappa shape index (κ2) is 17.0. The Labute approximate surface area is 316 Å². The predicted octanol–water partition coefficient (Wildman–Crippen LogP) is 6.63. The molecule has 0 fully saturated rings. The molecule has 5 rings (SSSR count). The van der Waals surface area contributed by atoms with Crippen LogP contribution in [-0.4, -0.2) is 39.1 Å². The van der Waals surface area contributed by atoms with Crippen LogP contribution >= 0.6 is 24.4 Å². The van der Waals surface area contributed by atoms with Crippen LogP contribution in [0.4, 0.5) is 43.7 Å². The van der Waals surface area contributed by atoms with Gasteiger partial charge in [0.1, 0.15) is 9.79 Å². The molecule has 8 N–H and O–H groups in total. The van der Waals surface area contributed by atoms with Crippen molar-refractivity contribution < 1.29 is 26.4 Å². The Balaban J connectivity index is 1.22. The molecule has 0 saturated heterocycles. The summed E-state index contributed by atoms with van der Waals surface area (Å²) in [5, 5.41) is 16.7. The first-order valence-corrected chi connectivity index (χ1v) is 19.3. The third-order valence-corrected chi connectivity index (χ3v) is 10.4. The summed E-state index contributed by atoms with van der Waals surface area (Å²) in [4.78, 5) is 25.4. The molecule has 0 heterocycles. The summed E-state index contributed by atoms with van der Waals surface area (Å²) in [7, 11) is -8.84. The van der Waals surface area contributed by atoms with Crippen molar-refractivity contribution in [1.82, 2.24) is 9.44 Å². The Morgan fingerprint density at radius 2 is 0.774 bits per heavy atom. The molecule has 272 valence electrons. The maximum Gasteiger partial charge on any atom is 0.333 e. The van der Waals surface area contributed by atoms with Gasteiger partial charge in [0.15, 0.2) is 10.2 Å². The summed E-state index contributed by atoms with van der Waals surface area (Å²) in [5.41, 5.74) is 2.17. The normalized spacial score (nSPS) is 11.0. The molecule has 0 aliphatic heterocycles. The van der Waals surface area contributed by atoms with E-state index in [1.165, 1.54) is 61.5 Å². The van der Waals surface area contributed by atoms with E-state index in [4.69, 9.17) is 24.4 Å². The average Bonchev–Trinajstić information content (AvgIpc) is 3.10. The van der Waals surface area contributed by atoms with Crippen molar-refractivity contribution in [3.63, 3.8) is 0 Å². The summed E-state index contributed by atoms with van der Waals surface area (Å²) in [6.07, 6.45) is 0. The number of carbonyl (C=O) groups is 2. The van der Waals surface area contributed by atoms with E-state index in [2.05, 4.69) is 31.9 Å². The van der Waals surface area contributed by atoms with Crippen molar-refractivity contribution in [3.05, 3.63) is 133 Å². The lowest BCUT2D eigenvalue weighted by molar-refractivity contribution is 0.255. The zero-order valence-electron chi connectivity index (χ0n) is 27.7. The third kappa shape index (κ3) is 10.5. The van der Waals surface area contributed by atoms with Gasteiger partial charge in [-0.2, -0.15) is 0 Å². The summed E-state index contributed by atoms with van der Waals surface area (Å²) < 4.78 is 57.1. The number of thiocarbonyl (C=S) groups is 2. The van der Waals surface area contributed by atoms with Gasteiger partial charge in [-0.25, -0.2) is 35.9 Å². The molecular weight excluding hydrogens is 757 g/mol. The summed E-state index contributed by atoms with van der Waals surface area (Å²) in [6.45, 7) is 1.54. The largest absolute Gasteiger partial charge is 0.333 e. The van der Waals surface area contributed by atoms with Crippen LogP contribution in [0.1, 0.15) is 5.56 Å². The maximum atomic E-state index is 13.3. The lowest BCUT2D eigenvalue weighted by Gasteiger charge is -2.17. The van der Waals surface area contributed by atoms with E-state index in [0.29, 0.717) is 16.9 Å². The fraction of sp³-hybridized carbons (Fsp3) is 0.0286. The fourth-order valence-electron chi connectivity index (χ4n) is 4.78. The number of sulfonamides is 2. The van der Waals surface area contributed by atoms with Crippen LogP contribution in [0, 0.1) is 6.92 Å². The molecule has 0 aromatic heterocycles. The van der Waals surface area contributed by atoms with Crippen molar-refractivity contribution in [2.75, 3.05) is 31.9 Å². The molecule has 53 heavy (non-hydrogen) atoms. The summed E-state index contributed by atoms with van der Waals surface area (Å²) >= 11 is 10.7. The van der Waals surface area contributed by atoms with E-state index in [1.807, 2.05) is 45.8 Å². The smallest absolute Gasteiger partial charge is 0.332 e. The molecule has 5 aromatic rings. The average molecular weight is 789 g/mol. The Morgan fingerprint density at radius 3 is 1.17 bits per heavy atom.